The summed E-state index contributed by atoms with van der Waals surface area (Å²) in [5.74, 6) is -0.358. The van der Waals surface area contributed by atoms with E-state index in [0.717, 1.165) is 5.56 Å². The van der Waals surface area contributed by atoms with Gasteiger partial charge in [0.1, 0.15) is 0 Å². The first-order valence-electron chi connectivity index (χ1n) is 11.1. The van der Waals surface area contributed by atoms with E-state index >= 15 is 0 Å². The molecule has 3 aromatic rings. The largest absolute Gasteiger partial charge is 0.466 e. The molecule has 0 spiro atoms. The van der Waals surface area contributed by atoms with Crippen LogP contribution in [0.3, 0.4) is 0 Å². The van der Waals surface area contributed by atoms with Crippen LogP contribution >= 0.6 is 11.3 Å². The fourth-order valence-electron chi connectivity index (χ4n) is 4.46. The van der Waals surface area contributed by atoms with Gasteiger partial charge >= 0.3 is 5.97 Å². The maximum absolute atomic E-state index is 13.7. The Kier molecular flexibility index (Phi) is 6.12. The van der Waals surface area contributed by atoms with Crippen molar-refractivity contribution in [1.29, 1.82) is 0 Å². The Morgan fingerprint density at radius 1 is 1.20 bits per heavy atom. The molecule has 0 saturated heterocycles. The van der Waals surface area contributed by atoms with Crippen molar-refractivity contribution in [1.82, 2.24) is 9.88 Å². The number of ether oxygens (including phenoxy) is 3. The average molecular weight is 494 g/mol. The number of thiazole rings is 1. The van der Waals surface area contributed by atoms with Crippen LogP contribution in [-0.4, -0.2) is 48.1 Å². The van der Waals surface area contributed by atoms with Gasteiger partial charge in [-0.1, -0.05) is 24.3 Å². The second-order valence-electron chi connectivity index (χ2n) is 8.15. The molecule has 0 unspecified atom stereocenters. The highest BCUT2D eigenvalue weighted by atomic mass is 32.1. The van der Waals surface area contributed by atoms with Gasteiger partial charge in [-0.2, -0.15) is 0 Å². The van der Waals surface area contributed by atoms with Crippen LogP contribution < -0.4 is 14.8 Å². The number of hydrogen-bond donors (Lipinski definition) is 1. The van der Waals surface area contributed by atoms with Crippen molar-refractivity contribution in [3.05, 3.63) is 70.2 Å². The number of likely N-dealkylation sites (N-methyl/N-ethyl adjacent to an activating group) is 1. The monoisotopic (exact) mass is 493 g/mol. The van der Waals surface area contributed by atoms with E-state index in [0.29, 0.717) is 40.1 Å². The first-order chi connectivity index (χ1) is 17.0. The van der Waals surface area contributed by atoms with Crippen LogP contribution in [0, 0.1) is 0 Å². The molecule has 2 amide bonds. The maximum atomic E-state index is 13.7. The highest BCUT2D eigenvalue weighted by Gasteiger charge is 2.43. The molecule has 2 atom stereocenters. The van der Waals surface area contributed by atoms with E-state index in [1.807, 2.05) is 18.2 Å². The molecular weight excluding hydrogens is 470 g/mol. The summed E-state index contributed by atoms with van der Waals surface area (Å²) in [5, 5.41) is 4.97. The Labute approximate surface area is 205 Å². The van der Waals surface area contributed by atoms with Gasteiger partial charge in [-0.25, -0.2) is 4.98 Å². The minimum absolute atomic E-state index is 0.0313. The summed E-state index contributed by atoms with van der Waals surface area (Å²) in [6.07, 6.45) is 0.0313. The number of carbonyl (C=O) groups is 3. The molecule has 2 aliphatic rings. The van der Waals surface area contributed by atoms with E-state index in [9.17, 15) is 14.4 Å². The Hall–Kier alpha value is -3.92. The molecule has 2 aliphatic heterocycles. The van der Waals surface area contributed by atoms with Crippen molar-refractivity contribution >= 4 is 34.3 Å². The zero-order valence-corrected chi connectivity index (χ0v) is 20.0. The molecule has 1 aromatic heterocycles. The van der Waals surface area contributed by atoms with Crippen LogP contribution in [0.5, 0.6) is 11.5 Å². The van der Waals surface area contributed by atoms with Gasteiger partial charge in [0.25, 0.3) is 5.91 Å². The molecule has 3 heterocycles. The molecule has 9 nitrogen and oxygen atoms in total. The van der Waals surface area contributed by atoms with E-state index in [2.05, 4.69) is 10.3 Å². The first kappa shape index (κ1) is 22.9. The Morgan fingerprint density at radius 3 is 2.83 bits per heavy atom. The summed E-state index contributed by atoms with van der Waals surface area (Å²) < 4.78 is 15.9. The van der Waals surface area contributed by atoms with E-state index in [1.165, 1.54) is 11.3 Å². The third kappa shape index (κ3) is 4.32. The smallest absolute Gasteiger partial charge is 0.311 e. The zero-order chi connectivity index (χ0) is 24.5. The predicted molar refractivity (Wildman–Crippen MR) is 128 cm³/mol. The lowest BCUT2D eigenvalue weighted by atomic mass is 9.79. The van der Waals surface area contributed by atoms with E-state index in [4.69, 9.17) is 14.2 Å². The Balaban J connectivity index is 1.48. The third-order valence-corrected chi connectivity index (χ3v) is 6.82. The second kappa shape index (κ2) is 9.38. The van der Waals surface area contributed by atoms with Crippen LogP contribution in [0.4, 0.5) is 5.13 Å². The molecule has 180 valence electrons. The van der Waals surface area contributed by atoms with Crippen LogP contribution in [0.15, 0.2) is 47.8 Å². The minimum Gasteiger partial charge on any atom is -0.466 e. The number of benzene rings is 2. The molecule has 1 N–H and O–H groups in total. The van der Waals surface area contributed by atoms with Gasteiger partial charge in [0.15, 0.2) is 16.6 Å². The zero-order valence-electron chi connectivity index (χ0n) is 19.1. The second-order valence-corrected chi connectivity index (χ2v) is 9.01. The lowest BCUT2D eigenvalue weighted by molar-refractivity contribution is -0.142. The molecule has 2 aromatic carbocycles. The number of anilines is 1. The number of nitrogens with zero attached hydrogens (tertiary/aromatic N) is 2. The van der Waals surface area contributed by atoms with Crippen molar-refractivity contribution in [2.24, 2.45) is 0 Å². The normalized spacial score (nSPS) is 18.2. The topological polar surface area (TPSA) is 107 Å². The number of esters is 1. The van der Waals surface area contributed by atoms with Gasteiger partial charge in [0, 0.05) is 18.0 Å². The molecule has 35 heavy (non-hydrogen) atoms. The van der Waals surface area contributed by atoms with Gasteiger partial charge in [-0.3, -0.25) is 14.4 Å². The predicted octanol–water partition coefficient (Wildman–Crippen LogP) is 3.53. The van der Waals surface area contributed by atoms with Gasteiger partial charge < -0.3 is 24.4 Å². The number of fused-ring (bicyclic) bond motifs is 2. The van der Waals surface area contributed by atoms with Crippen LogP contribution in [0.2, 0.25) is 0 Å². The summed E-state index contributed by atoms with van der Waals surface area (Å²) in [6.45, 7) is 2.16. The lowest BCUT2D eigenvalue weighted by Gasteiger charge is -2.39. The van der Waals surface area contributed by atoms with Crippen molar-refractivity contribution in [3.8, 4) is 11.5 Å². The summed E-state index contributed by atoms with van der Waals surface area (Å²) in [6, 6.07) is 12.0. The molecular formula is C25H23N3O6S. The van der Waals surface area contributed by atoms with E-state index in [1.54, 1.807) is 48.5 Å². The fraction of sp³-hybridized carbons (Fsp3) is 0.280. The number of aromatic nitrogens is 1. The first-order valence-corrected chi connectivity index (χ1v) is 12.0. The highest BCUT2D eigenvalue weighted by Crippen LogP contribution is 2.45. The van der Waals surface area contributed by atoms with E-state index in [-0.39, 0.29) is 31.0 Å². The average Bonchev–Trinajstić information content (AvgIpc) is 3.50. The van der Waals surface area contributed by atoms with Gasteiger partial charge in [0.2, 0.25) is 12.7 Å². The van der Waals surface area contributed by atoms with Crippen molar-refractivity contribution in [3.63, 3.8) is 0 Å². The molecule has 0 aliphatic carbocycles. The Morgan fingerprint density at radius 2 is 2.00 bits per heavy atom. The van der Waals surface area contributed by atoms with E-state index < -0.39 is 12.0 Å². The number of rotatable bonds is 6. The minimum atomic E-state index is -0.702. The molecule has 0 fully saturated rings. The van der Waals surface area contributed by atoms with Gasteiger partial charge in [-0.05, 0) is 36.2 Å². The summed E-state index contributed by atoms with van der Waals surface area (Å²) >= 11 is 1.23. The third-order valence-electron chi connectivity index (χ3n) is 6.01. The molecule has 0 radical (unpaired) electrons. The van der Waals surface area contributed by atoms with Crippen molar-refractivity contribution in [2.75, 3.05) is 25.8 Å². The van der Waals surface area contributed by atoms with Crippen LogP contribution in [-0.2, 0) is 20.7 Å². The quantitative estimate of drug-likeness (QED) is 0.524. The number of nitrogens with one attached hydrogen (secondary N) is 1. The van der Waals surface area contributed by atoms with Crippen LogP contribution in [0.25, 0.3) is 0 Å². The highest BCUT2D eigenvalue weighted by molar-refractivity contribution is 7.13. The molecule has 0 bridgehead atoms. The molecule has 10 heteroatoms. The summed E-state index contributed by atoms with van der Waals surface area (Å²) in [5.41, 5.74) is 2.39. The maximum Gasteiger partial charge on any atom is 0.311 e. The van der Waals surface area contributed by atoms with Gasteiger partial charge in [-0.15, -0.1) is 11.3 Å². The van der Waals surface area contributed by atoms with Crippen LogP contribution in [0.1, 0.15) is 46.1 Å². The summed E-state index contributed by atoms with van der Waals surface area (Å²) in [4.78, 5) is 44.6. The van der Waals surface area contributed by atoms with Crippen molar-refractivity contribution in [2.45, 2.75) is 25.3 Å². The number of carbonyl (C=O) groups excluding carboxylic acids is 3. The molecule has 5 rings (SSSR count). The SMILES string of the molecule is CCOC(=O)Cc1csc(NC(=O)[C@@H]2c3ccccc3C(=O)N(C)[C@@H]2c2ccc3c(c2)OCO3)n1. The molecule has 0 saturated carbocycles. The standard InChI is InChI=1S/C25H23N3O6S/c1-3-32-20(29)11-15-12-35-25(26-15)27-23(30)21-16-6-4-5-7-17(16)24(31)28(2)22(21)14-8-9-18-19(10-14)34-13-33-18/h4-10,12,21-22H,3,11,13H2,1-2H3,(H,26,27,30)/t21-,22-/m1/s1. The Bertz CT molecular complexity index is 1310. The van der Waals surface area contributed by atoms with Crippen molar-refractivity contribution < 1.29 is 28.6 Å². The number of amides is 2. The number of hydrogen-bond acceptors (Lipinski definition) is 8. The fourth-order valence-corrected chi connectivity index (χ4v) is 5.17. The van der Waals surface area contributed by atoms with Gasteiger partial charge in [0.05, 0.1) is 30.7 Å². The lowest BCUT2D eigenvalue weighted by Crippen LogP contribution is -2.44. The summed E-state index contributed by atoms with van der Waals surface area (Å²) in [7, 11) is 1.69.